The van der Waals surface area contributed by atoms with Gasteiger partial charge < -0.3 is 0 Å². The molecule has 0 saturated heterocycles. The molecule has 1 aromatic rings. The Kier molecular flexibility index (Phi) is 2.37. The Balaban J connectivity index is 2.44. The summed E-state index contributed by atoms with van der Waals surface area (Å²) in [5.41, 5.74) is 6.73. The standard InChI is InChI=1S/C9H8N4S/c1-7-10-12-13(11-7)8-3-5-9(14-2)6-4-8/h3,5H,1-2H3. The van der Waals surface area contributed by atoms with Crippen molar-refractivity contribution >= 4 is 17.5 Å². The van der Waals surface area contributed by atoms with Crippen LogP contribution < -0.4 is 0 Å². The summed E-state index contributed by atoms with van der Waals surface area (Å²) in [6, 6.07) is 0. The van der Waals surface area contributed by atoms with Gasteiger partial charge in [-0.1, -0.05) is 5.73 Å². The molecular weight excluding hydrogens is 196 g/mol. The predicted molar refractivity (Wildman–Crippen MR) is 55.5 cm³/mol. The van der Waals surface area contributed by atoms with Gasteiger partial charge in [0.25, 0.3) is 0 Å². The average Bonchev–Trinajstić information content (AvgIpc) is 2.65. The molecule has 70 valence electrons. The maximum absolute atomic E-state index is 4.07. The average molecular weight is 204 g/mol. The van der Waals surface area contributed by atoms with Crippen LogP contribution in [-0.4, -0.2) is 26.5 Å². The van der Waals surface area contributed by atoms with Gasteiger partial charge in [-0.05, 0) is 36.3 Å². The Morgan fingerprint density at radius 2 is 2.21 bits per heavy atom. The van der Waals surface area contributed by atoms with E-state index in [9.17, 15) is 0 Å². The summed E-state index contributed by atoms with van der Waals surface area (Å²) < 4.78 is 0. The summed E-state index contributed by atoms with van der Waals surface area (Å²) in [4.78, 5) is 2.49. The van der Waals surface area contributed by atoms with Crippen molar-refractivity contribution in [3.05, 3.63) is 34.3 Å². The van der Waals surface area contributed by atoms with Gasteiger partial charge in [0.1, 0.15) is 5.70 Å². The molecule has 0 bridgehead atoms. The zero-order valence-electron chi connectivity index (χ0n) is 7.85. The van der Waals surface area contributed by atoms with E-state index >= 15 is 0 Å². The highest BCUT2D eigenvalue weighted by Gasteiger charge is 2.02. The van der Waals surface area contributed by atoms with Crippen LogP contribution >= 0.6 is 11.8 Å². The van der Waals surface area contributed by atoms with Crippen molar-refractivity contribution in [3.8, 4) is 0 Å². The van der Waals surface area contributed by atoms with Crippen LogP contribution in [0.3, 0.4) is 0 Å². The van der Waals surface area contributed by atoms with Gasteiger partial charge >= 0.3 is 0 Å². The molecule has 0 saturated carbocycles. The fourth-order valence-corrected chi connectivity index (χ4v) is 1.34. The van der Waals surface area contributed by atoms with Crippen molar-refractivity contribution in [1.29, 1.82) is 0 Å². The zero-order chi connectivity index (χ0) is 9.97. The van der Waals surface area contributed by atoms with Gasteiger partial charge in [0.15, 0.2) is 5.82 Å². The quantitative estimate of drug-likeness (QED) is 0.683. The summed E-state index contributed by atoms with van der Waals surface area (Å²) in [7, 11) is 0. The predicted octanol–water partition coefficient (Wildman–Crippen LogP) is 1.39. The van der Waals surface area contributed by atoms with Crippen LogP contribution in [0.2, 0.25) is 0 Å². The van der Waals surface area contributed by atoms with E-state index in [0.717, 1.165) is 10.6 Å². The van der Waals surface area contributed by atoms with Gasteiger partial charge in [-0.15, -0.1) is 26.8 Å². The number of hydrogen-bond donors (Lipinski definition) is 0. The molecule has 1 aromatic heterocycles. The Morgan fingerprint density at radius 3 is 2.71 bits per heavy atom. The third-order valence-electron chi connectivity index (χ3n) is 1.66. The molecule has 1 heterocycles. The van der Waals surface area contributed by atoms with Crippen molar-refractivity contribution in [2.45, 2.75) is 6.92 Å². The number of allylic oxidation sites excluding steroid dienone is 3. The van der Waals surface area contributed by atoms with Crippen molar-refractivity contribution in [2.75, 3.05) is 6.26 Å². The molecule has 1 aliphatic rings. The lowest BCUT2D eigenvalue weighted by Crippen LogP contribution is -1.99. The van der Waals surface area contributed by atoms with Crippen molar-refractivity contribution in [3.63, 3.8) is 0 Å². The Labute approximate surface area is 85.7 Å². The number of aryl methyl sites for hydroxylation is 1. The first-order chi connectivity index (χ1) is 6.79. The van der Waals surface area contributed by atoms with Crippen LogP contribution in [0.1, 0.15) is 5.82 Å². The van der Waals surface area contributed by atoms with E-state index in [1.165, 1.54) is 4.80 Å². The summed E-state index contributed by atoms with van der Waals surface area (Å²) in [5.74, 6) is 0.646. The highest BCUT2D eigenvalue weighted by molar-refractivity contribution is 8.02. The number of tetrazole rings is 1. The number of rotatable bonds is 2. The van der Waals surface area contributed by atoms with Crippen molar-refractivity contribution in [1.82, 2.24) is 20.2 Å². The van der Waals surface area contributed by atoms with Gasteiger partial charge in [0, 0.05) is 0 Å². The SMILES string of the molecule is CSC1=C=C=C(n2nnc(C)n2)C=C1. The Hall–Kier alpha value is -1.54. The highest BCUT2D eigenvalue weighted by atomic mass is 32.2. The van der Waals surface area contributed by atoms with Gasteiger partial charge in [-0.3, -0.25) is 0 Å². The zero-order valence-corrected chi connectivity index (χ0v) is 8.67. The molecule has 5 heteroatoms. The van der Waals surface area contributed by atoms with E-state index in [1.54, 1.807) is 18.7 Å². The number of hydrogen-bond acceptors (Lipinski definition) is 4. The molecule has 14 heavy (non-hydrogen) atoms. The molecule has 0 unspecified atom stereocenters. The Bertz CT molecular complexity index is 485. The van der Waals surface area contributed by atoms with Gasteiger partial charge in [-0.25, -0.2) is 0 Å². The minimum absolute atomic E-state index is 0.646. The second-order valence-electron chi connectivity index (χ2n) is 2.66. The minimum Gasteiger partial charge on any atom is -0.131 e. The molecule has 1 aliphatic carbocycles. The molecule has 2 rings (SSSR count). The smallest absolute Gasteiger partial charge is 0.131 e. The van der Waals surface area contributed by atoms with Crippen LogP contribution in [0, 0.1) is 6.92 Å². The van der Waals surface area contributed by atoms with E-state index < -0.39 is 0 Å². The lowest BCUT2D eigenvalue weighted by molar-refractivity contribution is 0.741. The summed E-state index contributed by atoms with van der Waals surface area (Å²) in [5, 5.41) is 11.7. The number of nitrogens with zero attached hydrogens (tertiary/aromatic N) is 4. The van der Waals surface area contributed by atoms with E-state index in [1.807, 2.05) is 18.4 Å². The fraction of sp³-hybridized carbons (Fsp3) is 0.222. The van der Waals surface area contributed by atoms with Crippen molar-refractivity contribution < 1.29 is 0 Å². The topological polar surface area (TPSA) is 43.6 Å². The molecule has 0 fully saturated rings. The Morgan fingerprint density at radius 1 is 1.36 bits per heavy atom. The molecule has 4 nitrogen and oxygen atoms in total. The van der Waals surface area contributed by atoms with Crippen LogP contribution in [0.25, 0.3) is 5.70 Å². The van der Waals surface area contributed by atoms with E-state index in [0.29, 0.717) is 5.82 Å². The normalized spacial score (nSPS) is 14.1. The first-order valence-corrected chi connectivity index (χ1v) is 5.27. The van der Waals surface area contributed by atoms with E-state index in [2.05, 4.69) is 26.9 Å². The van der Waals surface area contributed by atoms with Gasteiger partial charge in [-0.2, -0.15) is 0 Å². The second kappa shape index (κ2) is 3.68. The molecule has 0 aliphatic heterocycles. The highest BCUT2D eigenvalue weighted by Crippen LogP contribution is 2.16. The summed E-state index contributed by atoms with van der Waals surface area (Å²) in [6.45, 7) is 1.80. The van der Waals surface area contributed by atoms with Crippen LogP contribution in [0.15, 0.2) is 28.5 Å². The molecule has 0 N–H and O–H groups in total. The molecule has 0 atom stereocenters. The minimum atomic E-state index is 0.646. The maximum Gasteiger partial charge on any atom is 0.172 e. The first kappa shape index (κ1) is 9.03. The van der Waals surface area contributed by atoms with E-state index in [-0.39, 0.29) is 0 Å². The lowest BCUT2D eigenvalue weighted by atomic mass is 10.3. The summed E-state index contributed by atoms with van der Waals surface area (Å²) in [6.07, 6.45) is 5.84. The fourth-order valence-electron chi connectivity index (χ4n) is 0.986. The van der Waals surface area contributed by atoms with Gasteiger partial charge in [0.05, 0.1) is 4.91 Å². The summed E-state index contributed by atoms with van der Waals surface area (Å²) >= 11 is 1.63. The lowest BCUT2D eigenvalue weighted by Gasteiger charge is -1.98. The van der Waals surface area contributed by atoms with Crippen LogP contribution in [0.4, 0.5) is 0 Å². The molecule has 0 spiro atoms. The number of thioether (sulfide) groups is 1. The third kappa shape index (κ3) is 1.70. The number of aromatic nitrogens is 4. The molecule has 0 aromatic carbocycles. The third-order valence-corrected chi connectivity index (χ3v) is 2.33. The van der Waals surface area contributed by atoms with Crippen molar-refractivity contribution in [2.24, 2.45) is 0 Å². The molecular formula is C9H8N4S. The monoisotopic (exact) mass is 204 g/mol. The van der Waals surface area contributed by atoms with E-state index in [4.69, 9.17) is 0 Å². The van der Waals surface area contributed by atoms with Crippen LogP contribution in [-0.2, 0) is 0 Å². The maximum atomic E-state index is 4.07. The van der Waals surface area contributed by atoms with Gasteiger partial charge in [0.2, 0.25) is 0 Å². The second-order valence-corrected chi connectivity index (χ2v) is 3.51. The molecule has 0 amide bonds. The first-order valence-electron chi connectivity index (χ1n) is 4.04. The largest absolute Gasteiger partial charge is 0.172 e. The van der Waals surface area contributed by atoms with Crippen LogP contribution in [0.5, 0.6) is 0 Å². The molecule has 0 radical (unpaired) electrons.